The molecule has 0 aliphatic carbocycles. The van der Waals surface area contributed by atoms with Gasteiger partial charge in [0.2, 0.25) is 0 Å². The van der Waals surface area contributed by atoms with Crippen molar-refractivity contribution >= 4 is 34.1 Å². The summed E-state index contributed by atoms with van der Waals surface area (Å²) in [6.07, 6.45) is 1.98. The molecule has 0 saturated heterocycles. The average Bonchev–Trinajstić information content (AvgIpc) is 3.33. The number of ketones is 1. The molecule has 0 radical (unpaired) electrons. The van der Waals surface area contributed by atoms with E-state index in [-0.39, 0.29) is 22.1 Å². The summed E-state index contributed by atoms with van der Waals surface area (Å²) in [5.41, 5.74) is 3.91. The minimum absolute atomic E-state index is 0.0185. The largest absolute Gasteiger partial charge is 0.351 e. The number of H-pyrrole nitrogens is 1. The van der Waals surface area contributed by atoms with Gasteiger partial charge in [-0.25, -0.2) is 0 Å². The second-order valence-corrected chi connectivity index (χ2v) is 8.06. The highest BCUT2D eigenvalue weighted by atomic mass is 32.2. The van der Waals surface area contributed by atoms with Gasteiger partial charge in [-0.1, -0.05) is 17.8 Å². The Balaban J connectivity index is 1.81. The second kappa shape index (κ2) is 7.75. The van der Waals surface area contributed by atoms with E-state index in [2.05, 4.69) is 15.2 Å². The number of nitro benzene ring substituents is 1. The third-order valence-electron chi connectivity index (χ3n) is 4.92. The zero-order valence-corrected chi connectivity index (χ0v) is 17.5. The number of carbonyl (C=O) groups excluding carboxylic acids is 1. The summed E-state index contributed by atoms with van der Waals surface area (Å²) in [4.78, 5) is 25.6. The van der Waals surface area contributed by atoms with Gasteiger partial charge in [-0.2, -0.15) is 0 Å². The monoisotopic (exact) mass is 421 g/mol. The number of nitro groups is 1. The zero-order valence-electron chi connectivity index (χ0n) is 16.7. The van der Waals surface area contributed by atoms with Crippen molar-refractivity contribution in [2.75, 3.05) is 5.75 Å². The van der Waals surface area contributed by atoms with E-state index >= 15 is 0 Å². The maximum atomic E-state index is 11.7. The third-order valence-corrected chi connectivity index (χ3v) is 5.93. The molecule has 0 saturated carbocycles. The van der Waals surface area contributed by atoms with Gasteiger partial charge in [0, 0.05) is 41.3 Å². The van der Waals surface area contributed by atoms with Crippen LogP contribution in [0, 0.1) is 17.0 Å². The Morgan fingerprint density at radius 2 is 2.00 bits per heavy atom. The highest BCUT2D eigenvalue weighted by Crippen LogP contribution is 2.36. The number of thioether (sulfide) groups is 1. The van der Waals surface area contributed by atoms with Crippen LogP contribution in [0.4, 0.5) is 5.69 Å². The van der Waals surface area contributed by atoms with E-state index in [0.717, 1.165) is 22.0 Å². The lowest BCUT2D eigenvalue weighted by Crippen LogP contribution is -1.96. The number of aromatic nitrogens is 4. The maximum Gasteiger partial charge on any atom is 0.273 e. The van der Waals surface area contributed by atoms with E-state index in [1.807, 2.05) is 48.1 Å². The summed E-state index contributed by atoms with van der Waals surface area (Å²) in [6.45, 7) is 3.25. The third kappa shape index (κ3) is 3.71. The molecular formula is C21H19N5O3S. The van der Waals surface area contributed by atoms with Crippen molar-refractivity contribution in [3.05, 3.63) is 58.3 Å². The van der Waals surface area contributed by atoms with Gasteiger partial charge >= 0.3 is 0 Å². The summed E-state index contributed by atoms with van der Waals surface area (Å²) in [5, 5.41) is 21.4. The minimum atomic E-state index is -0.384. The molecule has 0 atom stereocenters. The van der Waals surface area contributed by atoms with Gasteiger partial charge in [-0.05, 0) is 49.2 Å². The number of nitrogens with zero attached hydrogens (tertiary/aromatic N) is 4. The number of hydrogen-bond acceptors (Lipinski definition) is 6. The van der Waals surface area contributed by atoms with E-state index in [0.29, 0.717) is 22.1 Å². The molecular weight excluding hydrogens is 402 g/mol. The predicted molar refractivity (Wildman–Crippen MR) is 117 cm³/mol. The molecule has 2 heterocycles. The SMILES string of the molecule is CC(=O)CSc1nnc(-c2cc(-c3ccc4c(ccn4C)c3)c(C)c([N+](=O)[O-])c2)[nH]1. The van der Waals surface area contributed by atoms with E-state index < -0.39 is 0 Å². The van der Waals surface area contributed by atoms with Crippen LogP contribution in [0.2, 0.25) is 0 Å². The number of nitrogens with one attached hydrogen (secondary N) is 1. The van der Waals surface area contributed by atoms with Crippen LogP contribution in [0.1, 0.15) is 12.5 Å². The standard InChI is InChI=1S/C21H19N5O3S/c1-12(27)11-30-21-22-20(23-24-21)16-9-17(13(2)19(10-16)26(28)29)14-4-5-18-15(8-14)6-7-25(18)3/h4-10H,11H2,1-3H3,(H,22,23,24). The number of benzene rings is 2. The predicted octanol–water partition coefficient (Wildman–Crippen LogP) is 4.53. The fraction of sp³-hybridized carbons (Fsp3) is 0.190. The zero-order chi connectivity index (χ0) is 21.4. The number of fused-ring (bicyclic) bond motifs is 1. The lowest BCUT2D eigenvalue weighted by Gasteiger charge is -2.10. The van der Waals surface area contributed by atoms with Crippen molar-refractivity contribution < 1.29 is 9.72 Å². The van der Waals surface area contributed by atoms with Crippen molar-refractivity contribution in [1.29, 1.82) is 0 Å². The Bertz CT molecular complexity index is 1290. The lowest BCUT2D eigenvalue weighted by atomic mass is 9.95. The summed E-state index contributed by atoms with van der Waals surface area (Å²) in [7, 11) is 1.98. The number of hydrogen-bond donors (Lipinski definition) is 1. The van der Waals surface area contributed by atoms with Gasteiger partial charge in [0.25, 0.3) is 5.69 Å². The Kier molecular flexibility index (Phi) is 5.13. The first-order valence-corrected chi connectivity index (χ1v) is 10.2. The Morgan fingerprint density at radius 1 is 1.20 bits per heavy atom. The molecule has 8 nitrogen and oxygen atoms in total. The quantitative estimate of drug-likeness (QED) is 0.278. The van der Waals surface area contributed by atoms with Gasteiger partial charge in [0.15, 0.2) is 11.0 Å². The molecule has 0 aliphatic heterocycles. The maximum absolute atomic E-state index is 11.7. The van der Waals surface area contributed by atoms with E-state index in [1.54, 1.807) is 6.92 Å². The lowest BCUT2D eigenvalue weighted by molar-refractivity contribution is -0.385. The van der Waals surface area contributed by atoms with Crippen LogP contribution in [-0.2, 0) is 11.8 Å². The molecule has 30 heavy (non-hydrogen) atoms. The summed E-state index contributed by atoms with van der Waals surface area (Å²) >= 11 is 1.25. The highest BCUT2D eigenvalue weighted by Gasteiger charge is 2.20. The second-order valence-electron chi connectivity index (χ2n) is 7.09. The number of rotatable bonds is 6. The van der Waals surface area contributed by atoms with Gasteiger partial charge in [0.05, 0.1) is 10.7 Å². The first kappa shape index (κ1) is 19.8. The van der Waals surface area contributed by atoms with Crippen molar-refractivity contribution in [2.45, 2.75) is 19.0 Å². The van der Waals surface area contributed by atoms with Crippen LogP contribution in [0.15, 0.2) is 47.8 Å². The Labute approximate surface area is 176 Å². The number of Topliss-reactive ketones (excluding diaryl/α,β-unsaturated/α-hetero) is 1. The van der Waals surface area contributed by atoms with Crippen LogP contribution >= 0.6 is 11.8 Å². The highest BCUT2D eigenvalue weighted by molar-refractivity contribution is 7.99. The van der Waals surface area contributed by atoms with Crippen LogP contribution in [0.5, 0.6) is 0 Å². The smallest absolute Gasteiger partial charge is 0.273 e. The first-order valence-electron chi connectivity index (χ1n) is 9.23. The van der Waals surface area contributed by atoms with Gasteiger partial charge < -0.3 is 9.55 Å². The van der Waals surface area contributed by atoms with Crippen molar-refractivity contribution in [1.82, 2.24) is 19.7 Å². The molecule has 4 aromatic rings. The fourth-order valence-corrected chi connectivity index (χ4v) is 3.99. The van der Waals surface area contributed by atoms with Crippen molar-refractivity contribution in [3.63, 3.8) is 0 Å². The van der Waals surface area contributed by atoms with Gasteiger partial charge in [-0.3, -0.25) is 14.9 Å². The van der Waals surface area contributed by atoms with Crippen LogP contribution < -0.4 is 0 Å². The number of aryl methyl sites for hydroxylation is 1. The molecule has 2 aromatic carbocycles. The molecule has 0 spiro atoms. The topological polar surface area (TPSA) is 107 Å². The molecule has 152 valence electrons. The minimum Gasteiger partial charge on any atom is -0.351 e. The summed E-state index contributed by atoms with van der Waals surface area (Å²) in [5.74, 6) is 0.735. The fourth-order valence-electron chi connectivity index (χ4n) is 3.39. The summed E-state index contributed by atoms with van der Waals surface area (Å²) < 4.78 is 2.03. The van der Waals surface area contributed by atoms with E-state index in [1.165, 1.54) is 24.8 Å². The van der Waals surface area contributed by atoms with E-state index in [9.17, 15) is 14.9 Å². The molecule has 0 bridgehead atoms. The molecule has 0 unspecified atom stereocenters. The van der Waals surface area contributed by atoms with Crippen LogP contribution in [0.3, 0.4) is 0 Å². The number of carbonyl (C=O) groups is 1. The molecule has 2 aromatic heterocycles. The van der Waals surface area contributed by atoms with Crippen LogP contribution in [-0.4, -0.2) is 36.2 Å². The molecule has 0 fully saturated rings. The average molecular weight is 421 g/mol. The molecule has 1 N–H and O–H groups in total. The molecule has 4 rings (SSSR count). The van der Waals surface area contributed by atoms with Gasteiger partial charge in [-0.15, -0.1) is 10.2 Å². The molecule has 0 amide bonds. The van der Waals surface area contributed by atoms with Crippen molar-refractivity contribution in [3.8, 4) is 22.5 Å². The first-order chi connectivity index (χ1) is 14.3. The molecule has 0 aliphatic rings. The Hall–Kier alpha value is -3.46. The normalized spacial score (nSPS) is 11.2. The van der Waals surface area contributed by atoms with Crippen LogP contribution in [0.25, 0.3) is 33.4 Å². The van der Waals surface area contributed by atoms with Gasteiger partial charge in [0.1, 0.15) is 5.78 Å². The van der Waals surface area contributed by atoms with Crippen molar-refractivity contribution in [2.24, 2.45) is 7.05 Å². The summed E-state index contributed by atoms with van der Waals surface area (Å²) in [6, 6.07) is 11.4. The molecule has 9 heteroatoms. The van der Waals surface area contributed by atoms with E-state index in [4.69, 9.17) is 0 Å². The Morgan fingerprint density at radius 3 is 2.73 bits per heavy atom. The number of aromatic amines is 1.